The minimum Gasteiger partial charge on any atom is -0.507 e. The first-order valence-corrected chi connectivity index (χ1v) is 8.96. The van der Waals surface area contributed by atoms with Gasteiger partial charge in [0, 0.05) is 17.7 Å². The first kappa shape index (κ1) is 20.3. The van der Waals surface area contributed by atoms with Gasteiger partial charge in [0.1, 0.15) is 29.4 Å². The minimum atomic E-state index is -0.438. The third-order valence-electron chi connectivity index (χ3n) is 4.11. The van der Waals surface area contributed by atoms with Crippen molar-refractivity contribution in [1.82, 2.24) is 0 Å². The maximum absolute atomic E-state index is 12.5. The van der Waals surface area contributed by atoms with Crippen LogP contribution in [-0.4, -0.2) is 22.6 Å². The van der Waals surface area contributed by atoms with Crippen LogP contribution in [0.1, 0.15) is 49.5 Å². The van der Waals surface area contributed by atoms with E-state index >= 15 is 0 Å². The molecule has 0 saturated carbocycles. The monoisotopic (exact) mass is 366 g/mol. The summed E-state index contributed by atoms with van der Waals surface area (Å²) in [6, 6.07) is 11.2. The summed E-state index contributed by atoms with van der Waals surface area (Å²) in [4.78, 5) is 12.5. The van der Waals surface area contributed by atoms with Gasteiger partial charge in [0.05, 0.1) is 0 Å². The third-order valence-corrected chi connectivity index (χ3v) is 4.11. The van der Waals surface area contributed by atoms with E-state index in [0.717, 1.165) is 12.8 Å². The van der Waals surface area contributed by atoms with Gasteiger partial charge in [-0.2, -0.15) is 0 Å². The van der Waals surface area contributed by atoms with Gasteiger partial charge in [-0.3, -0.25) is 4.79 Å². The molecule has 0 spiro atoms. The fourth-order valence-corrected chi connectivity index (χ4v) is 2.61. The quantitative estimate of drug-likeness (QED) is 0.485. The van der Waals surface area contributed by atoms with Gasteiger partial charge in [-0.05, 0) is 39.7 Å². The molecule has 0 bridgehead atoms. The van der Waals surface area contributed by atoms with Crippen LogP contribution in [0.5, 0.6) is 17.2 Å². The van der Waals surface area contributed by atoms with Crippen molar-refractivity contribution in [2.75, 3.05) is 6.61 Å². The van der Waals surface area contributed by atoms with Crippen LogP contribution in [0.25, 0.3) is 0 Å². The molecule has 0 radical (unpaired) electrons. The molecule has 4 heteroatoms. The summed E-state index contributed by atoms with van der Waals surface area (Å²) in [6.45, 7) is 6.52. The summed E-state index contributed by atoms with van der Waals surface area (Å²) in [6.07, 6.45) is 6.10. The van der Waals surface area contributed by atoms with E-state index in [9.17, 15) is 15.0 Å². The normalized spacial score (nSPS) is 11.1. The highest BCUT2D eigenvalue weighted by atomic mass is 16.5. The van der Waals surface area contributed by atoms with Gasteiger partial charge in [0.2, 0.25) is 5.78 Å². The van der Waals surface area contributed by atoms with E-state index in [4.69, 9.17) is 4.74 Å². The largest absolute Gasteiger partial charge is 0.507 e. The van der Waals surface area contributed by atoms with Gasteiger partial charge in [-0.15, -0.1) is 0 Å². The molecule has 0 heterocycles. The number of aromatic hydroxyl groups is 2. The van der Waals surface area contributed by atoms with Gasteiger partial charge in [-0.1, -0.05) is 47.6 Å². The first-order chi connectivity index (χ1) is 12.9. The molecule has 4 nitrogen and oxygen atoms in total. The van der Waals surface area contributed by atoms with Crippen LogP contribution >= 0.6 is 0 Å². The van der Waals surface area contributed by atoms with E-state index in [1.807, 2.05) is 13.0 Å². The van der Waals surface area contributed by atoms with Crippen LogP contribution in [0.15, 0.2) is 65.8 Å². The Morgan fingerprint density at radius 1 is 1.00 bits per heavy atom. The van der Waals surface area contributed by atoms with Gasteiger partial charge in [-0.25, -0.2) is 0 Å². The molecular weight excluding hydrogens is 340 g/mol. The Morgan fingerprint density at radius 2 is 1.63 bits per heavy atom. The molecule has 0 atom stereocenters. The van der Waals surface area contributed by atoms with Gasteiger partial charge in [0.15, 0.2) is 0 Å². The number of hydrogen-bond donors (Lipinski definition) is 2. The summed E-state index contributed by atoms with van der Waals surface area (Å²) in [5, 5.41) is 20.4. The van der Waals surface area contributed by atoms with Crippen LogP contribution in [0.4, 0.5) is 0 Å². The van der Waals surface area contributed by atoms with Crippen molar-refractivity contribution < 1.29 is 19.7 Å². The zero-order chi connectivity index (χ0) is 19.8. The number of ketones is 1. The Bertz CT molecular complexity index is 821. The van der Waals surface area contributed by atoms with E-state index < -0.39 is 5.78 Å². The zero-order valence-corrected chi connectivity index (χ0v) is 16.0. The van der Waals surface area contributed by atoms with Gasteiger partial charge < -0.3 is 14.9 Å². The Labute approximate surface area is 160 Å². The summed E-state index contributed by atoms with van der Waals surface area (Å²) < 4.78 is 5.58. The molecule has 27 heavy (non-hydrogen) atoms. The molecule has 0 amide bonds. The summed E-state index contributed by atoms with van der Waals surface area (Å²) in [7, 11) is 0. The lowest BCUT2D eigenvalue weighted by Crippen LogP contribution is -2.03. The Balaban J connectivity index is 2.04. The van der Waals surface area contributed by atoms with Crippen LogP contribution in [0.3, 0.4) is 0 Å². The van der Waals surface area contributed by atoms with E-state index in [-0.39, 0.29) is 17.1 Å². The lowest BCUT2D eigenvalue weighted by Gasteiger charge is -2.10. The lowest BCUT2D eigenvalue weighted by atomic mass is 10.0. The molecule has 2 rings (SSSR count). The molecular formula is C23H26O4. The number of hydrogen-bond acceptors (Lipinski definition) is 4. The lowest BCUT2D eigenvalue weighted by molar-refractivity contribution is 0.103. The molecule has 142 valence electrons. The second kappa shape index (κ2) is 9.62. The second-order valence-corrected chi connectivity index (χ2v) is 6.71. The topological polar surface area (TPSA) is 66.8 Å². The van der Waals surface area contributed by atoms with Crippen molar-refractivity contribution >= 4 is 5.78 Å². The number of phenols is 2. The maximum Gasteiger partial charge on any atom is 0.200 e. The predicted molar refractivity (Wildman–Crippen MR) is 108 cm³/mol. The summed E-state index contributed by atoms with van der Waals surface area (Å²) >= 11 is 0. The number of allylic oxidation sites excluding steroid dienone is 3. The van der Waals surface area contributed by atoms with Gasteiger partial charge in [0.25, 0.3) is 0 Å². The Hall–Kier alpha value is -3.01. The number of ether oxygens (including phenoxy) is 1. The Morgan fingerprint density at radius 3 is 2.22 bits per heavy atom. The van der Waals surface area contributed by atoms with Crippen molar-refractivity contribution in [2.45, 2.75) is 33.6 Å². The number of carbonyl (C=O) groups excluding carboxylic acids is 1. The van der Waals surface area contributed by atoms with Crippen molar-refractivity contribution in [3.8, 4) is 17.2 Å². The van der Waals surface area contributed by atoms with Crippen LogP contribution in [0.2, 0.25) is 0 Å². The number of benzene rings is 2. The van der Waals surface area contributed by atoms with E-state index in [0.29, 0.717) is 17.9 Å². The molecule has 0 aliphatic rings. The predicted octanol–water partition coefficient (Wildman–Crippen LogP) is 5.40. The Kier molecular flexibility index (Phi) is 7.24. The number of rotatable bonds is 8. The van der Waals surface area contributed by atoms with Crippen molar-refractivity contribution in [3.05, 3.63) is 76.9 Å². The highest BCUT2D eigenvalue weighted by Crippen LogP contribution is 2.34. The van der Waals surface area contributed by atoms with Crippen LogP contribution in [-0.2, 0) is 0 Å². The highest BCUT2D eigenvalue weighted by Gasteiger charge is 2.19. The molecule has 0 saturated heterocycles. The van der Waals surface area contributed by atoms with Crippen molar-refractivity contribution in [2.24, 2.45) is 0 Å². The molecule has 0 aliphatic heterocycles. The summed E-state index contributed by atoms with van der Waals surface area (Å²) in [5.74, 6) is -0.735. The minimum absolute atomic E-state index is 0.123. The fraction of sp³-hybridized carbons (Fsp3) is 0.261. The second-order valence-electron chi connectivity index (χ2n) is 6.71. The molecule has 0 fully saturated rings. The van der Waals surface area contributed by atoms with E-state index in [1.54, 1.807) is 30.3 Å². The standard InChI is InChI=1S/C23H26O4/c1-16(2)8-7-9-17(3)12-13-27-19-14-20(24)22(21(25)15-19)23(26)18-10-5-4-6-11-18/h4-6,8,10-12,14-15,24-25H,7,9,13H2,1-3H3/b17-12+. The van der Waals surface area contributed by atoms with E-state index in [1.165, 1.54) is 23.3 Å². The van der Waals surface area contributed by atoms with E-state index in [2.05, 4.69) is 19.9 Å². The molecule has 2 aromatic carbocycles. The molecule has 2 aromatic rings. The number of phenolic OH excluding ortho intramolecular Hbond substituents is 2. The first-order valence-electron chi connectivity index (χ1n) is 8.96. The van der Waals surface area contributed by atoms with Crippen molar-refractivity contribution in [1.29, 1.82) is 0 Å². The summed E-state index contributed by atoms with van der Waals surface area (Å²) in [5.41, 5.74) is 2.78. The van der Waals surface area contributed by atoms with Gasteiger partial charge >= 0.3 is 0 Å². The maximum atomic E-state index is 12.5. The van der Waals surface area contributed by atoms with Crippen LogP contribution in [0, 0.1) is 0 Å². The zero-order valence-electron chi connectivity index (χ0n) is 16.0. The van der Waals surface area contributed by atoms with Crippen LogP contribution < -0.4 is 4.74 Å². The molecule has 0 aromatic heterocycles. The fourth-order valence-electron chi connectivity index (χ4n) is 2.61. The average Bonchev–Trinajstić information content (AvgIpc) is 2.61. The third kappa shape index (κ3) is 6.03. The SMILES string of the molecule is CC(C)=CCC/C(C)=C/COc1cc(O)c(C(=O)c2ccccc2)c(O)c1. The smallest absolute Gasteiger partial charge is 0.200 e. The molecule has 0 aliphatic carbocycles. The number of carbonyl (C=O) groups is 1. The van der Waals surface area contributed by atoms with Crippen molar-refractivity contribution in [3.63, 3.8) is 0 Å². The highest BCUT2D eigenvalue weighted by molar-refractivity contribution is 6.12. The molecule has 2 N–H and O–H groups in total. The average molecular weight is 366 g/mol. The molecule has 0 unspecified atom stereocenters.